The predicted octanol–water partition coefficient (Wildman–Crippen LogP) is 5.33. The summed E-state index contributed by atoms with van der Waals surface area (Å²) in [6, 6.07) is 4.77. The molecule has 25 heavy (non-hydrogen) atoms. The molecule has 1 aliphatic carbocycles. The van der Waals surface area contributed by atoms with Crippen LogP contribution in [0.4, 0.5) is 4.39 Å². The molecular formula is C19H16BrFN2OS. The second-order valence-electron chi connectivity index (χ2n) is 6.20. The SMILES string of the molecule is O=c1[nH]c(/C=C/c2ccc(F)c(Br)c2)nc2sc3c(c12)CCCCC3. The molecule has 1 aromatic carbocycles. The van der Waals surface area contributed by atoms with Crippen LogP contribution in [-0.2, 0) is 12.8 Å². The van der Waals surface area contributed by atoms with Crippen molar-refractivity contribution in [2.45, 2.75) is 32.1 Å². The summed E-state index contributed by atoms with van der Waals surface area (Å²) in [6.07, 6.45) is 9.13. The number of nitrogens with one attached hydrogen (secondary N) is 1. The van der Waals surface area contributed by atoms with Crippen molar-refractivity contribution in [3.8, 4) is 0 Å². The second-order valence-corrected chi connectivity index (χ2v) is 8.14. The summed E-state index contributed by atoms with van der Waals surface area (Å²) in [5.74, 6) is 0.222. The average Bonchev–Trinajstić information content (AvgIpc) is 2.78. The number of rotatable bonds is 2. The van der Waals surface area contributed by atoms with Crippen LogP contribution in [0, 0.1) is 5.82 Å². The Bertz CT molecular complexity index is 1040. The van der Waals surface area contributed by atoms with Gasteiger partial charge in [0.05, 0.1) is 9.86 Å². The molecule has 2 aromatic heterocycles. The van der Waals surface area contributed by atoms with Gasteiger partial charge in [-0.2, -0.15) is 0 Å². The van der Waals surface area contributed by atoms with Crippen molar-refractivity contribution in [2.75, 3.05) is 0 Å². The van der Waals surface area contributed by atoms with Crippen LogP contribution >= 0.6 is 27.3 Å². The van der Waals surface area contributed by atoms with Crippen LogP contribution in [0.5, 0.6) is 0 Å². The summed E-state index contributed by atoms with van der Waals surface area (Å²) >= 11 is 4.82. The zero-order valence-electron chi connectivity index (χ0n) is 13.4. The number of benzene rings is 1. The molecule has 4 rings (SSSR count). The Morgan fingerprint density at radius 2 is 2.04 bits per heavy atom. The maximum Gasteiger partial charge on any atom is 0.260 e. The van der Waals surface area contributed by atoms with E-state index in [1.165, 1.54) is 29.3 Å². The van der Waals surface area contributed by atoms with Gasteiger partial charge in [-0.1, -0.05) is 18.6 Å². The molecule has 0 radical (unpaired) electrons. The quantitative estimate of drug-likeness (QED) is 0.571. The van der Waals surface area contributed by atoms with E-state index in [0.717, 1.165) is 35.0 Å². The predicted molar refractivity (Wildman–Crippen MR) is 105 cm³/mol. The highest BCUT2D eigenvalue weighted by molar-refractivity contribution is 9.10. The number of halogens is 2. The molecule has 1 N–H and O–H groups in total. The number of thiophene rings is 1. The van der Waals surface area contributed by atoms with Crippen molar-refractivity contribution in [2.24, 2.45) is 0 Å². The lowest BCUT2D eigenvalue weighted by atomic mass is 10.1. The zero-order valence-corrected chi connectivity index (χ0v) is 15.8. The van der Waals surface area contributed by atoms with Crippen LogP contribution in [0.1, 0.15) is 41.1 Å². The minimum absolute atomic E-state index is 0.0654. The van der Waals surface area contributed by atoms with Gasteiger partial charge in [0.25, 0.3) is 5.56 Å². The number of hydrogen-bond donors (Lipinski definition) is 1. The molecule has 2 heterocycles. The van der Waals surface area contributed by atoms with E-state index in [1.807, 2.05) is 6.08 Å². The Hall–Kier alpha value is -1.79. The molecule has 0 saturated carbocycles. The summed E-state index contributed by atoms with van der Waals surface area (Å²) in [5, 5.41) is 0.767. The van der Waals surface area contributed by atoms with E-state index in [-0.39, 0.29) is 11.4 Å². The van der Waals surface area contributed by atoms with Crippen molar-refractivity contribution in [3.05, 3.63) is 60.7 Å². The third kappa shape index (κ3) is 3.33. The maximum atomic E-state index is 13.3. The molecule has 0 saturated heterocycles. The highest BCUT2D eigenvalue weighted by Crippen LogP contribution is 2.32. The van der Waals surface area contributed by atoms with Crippen LogP contribution in [0.3, 0.4) is 0 Å². The summed E-state index contributed by atoms with van der Waals surface area (Å²) in [4.78, 5) is 22.2. The van der Waals surface area contributed by atoms with Gasteiger partial charge in [0.1, 0.15) is 16.5 Å². The van der Waals surface area contributed by atoms with Gasteiger partial charge in [-0.3, -0.25) is 4.79 Å². The van der Waals surface area contributed by atoms with Crippen molar-refractivity contribution in [3.63, 3.8) is 0 Å². The Labute approximate surface area is 156 Å². The Morgan fingerprint density at radius 1 is 1.20 bits per heavy atom. The fraction of sp³-hybridized carbons (Fsp3) is 0.263. The number of fused-ring (bicyclic) bond motifs is 3. The monoisotopic (exact) mass is 418 g/mol. The third-order valence-electron chi connectivity index (χ3n) is 4.47. The maximum absolute atomic E-state index is 13.3. The average molecular weight is 419 g/mol. The fourth-order valence-corrected chi connectivity index (χ4v) is 4.89. The molecule has 0 unspecified atom stereocenters. The molecule has 1 aliphatic rings. The lowest BCUT2D eigenvalue weighted by Crippen LogP contribution is -2.10. The fourth-order valence-electron chi connectivity index (χ4n) is 3.23. The first-order chi connectivity index (χ1) is 12.1. The van der Waals surface area contributed by atoms with Crippen LogP contribution in [0.15, 0.2) is 27.5 Å². The van der Waals surface area contributed by atoms with Gasteiger partial charge in [0.2, 0.25) is 0 Å². The standard InChI is InChI=1S/C19H16BrFN2OS/c20-13-10-11(6-8-14(13)21)7-9-16-22-18(24)17-12-4-2-1-3-5-15(12)25-19(17)23-16/h6-10H,1-5H2,(H,22,23,24)/b9-7+. The van der Waals surface area contributed by atoms with Crippen LogP contribution in [-0.4, -0.2) is 9.97 Å². The molecule has 3 aromatic rings. The van der Waals surface area contributed by atoms with Crippen molar-refractivity contribution < 1.29 is 4.39 Å². The number of aromatic nitrogens is 2. The summed E-state index contributed by atoms with van der Waals surface area (Å²) in [5.41, 5.74) is 1.96. The van der Waals surface area contributed by atoms with E-state index in [1.54, 1.807) is 29.5 Å². The molecule has 0 fully saturated rings. The minimum atomic E-state index is -0.301. The largest absolute Gasteiger partial charge is 0.306 e. The lowest BCUT2D eigenvalue weighted by molar-refractivity contribution is 0.621. The lowest BCUT2D eigenvalue weighted by Gasteiger charge is -1.99. The number of nitrogens with zero attached hydrogens (tertiary/aromatic N) is 1. The van der Waals surface area contributed by atoms with E-state index in [2.05, 4.69) is 25.9 Å². The molecule has 3 nitrogen and oxygen atoms in total. The van der Waals surface area contributed by atoms with Crippen molar-refractivity contribution in [1.82, 2.24) is 9.97 Å². The van der Waals surface area contributed by atoms with Gasteiger partial charge in [0.15, 0.2) is 0 Å². The van der Waals surface area contributed by atoms with Gasteiger partial charge in [-0.25, -0.2) is 9.37 Å². The summed E-state index contributed by atoms with van der Waals surface area (Å²) < 4.78 is 13.7. The second kappa shape index (κ2) is 6.84. The molecule has 0 amide bonds. The molecule has 6 heteroatoms. The first kappa shape index (κ1) is 16.7. The highest BCUT2D eigenvalue weighted by atomic mass is 79.9. The van der Waals surface area contributed by atoms with Crippen LogP contribution < -0.4 is 5.56 Å². The van der Waals surface area contributed by atoms with E-state index in [9.17, 15) is 9.18 Å². The Kier molecular flexibility index (Phi) is 4.56. The van der Waals surface area contributed by atoms with Crippen LogP contribution in [0.2, 0.25) is 0 Å². The molecule has 128 valence electrons. The van der Waals surface area contributed by atoms with Gasteiger partial charge >= 0.3 is 0 Å². The zero-order chi connectivity index (χ0) is 17.4. The van der Waals surface area contributed by atoms with Crippen molar-refractivity contribution in [1.29, 1.82) is 0 Å². The van der Waals surface area contributed by atoms with Gasteiger partial charge in [-0.05, 0) is 70.9 Å². The summed E-state index contributed by atoms with van der Waals surface area (Å²) in [6.45, 7) is 0. The van der Waals surface area contributed by atoms with Crippen LogP contribution in [0.25, 0.3) is 22.4 Å². The topological polar surface area (TPSA) is 45.8 Å². The minimum Gasteiger partial charge on any atom is -0.306 e. The van der Waals surface area contributed by atoms with Crippen molar-refractivity contribution >= 4 is 49.6 Å². The molecular weight excluding hydrogens is 403 g/mol. The van der Waals surface area contributed by atoms with E-state index in [4.69, 9.17) is 0 Å². The number of H-pyrrole nitrogens is 1. The molecule has 0 spiro atoms. The summed E-state index contributed by atoms with van der Waals surface area (Å²) in [7, 11) is 0. The van der Waals surface area contributed by atoms with Gasteiger partial charge < -0.3 is 4.98 Å². The Morgan fingerprint density at radius 3 is 2.88 bits per heavy atom. The van der Waals surface area contributed by atoms with E-state index < -0.39 is 0 Å². The first-order valence-electron chi connectivity index (χ1n) is 8.29. The smallest absolute Gasteiger partial charge is 0.260 e. The van der Waals surface area contributed by atoms with Gasteiger partial charge in [0, 0.05) is 4.88 Å². The number of aryl methyl sites for hydroxylation is 2. The van der Waals surface area contributed by atoms with E-state index in [0.29, 0.717) is 10.3 Å². The molecule has 0 bridgehead atoms. The molecule has 0 atom stereocenters. The molecule has 0 aliphatic heterocycles. The number of hydrogen-bond acceptors (Lipinski definition) is 3. The van der Waals surface area contributed by atoms with E-state index >= 15 is 0 Å². The third-order valence-corrected chi connectivity index (χ3v) is 6.26. The number of aromatic amines is 1. The normalized spacial score (nSPS) is 14.8. The first-order valence-corrected chi connectivity index (χ1v) is 9.90. The highest BCUT2D eigenvalue weighted by Gasteiger charge is 2.18. The van der Waals surface area contributed by atoms with Gasteiger partial charge in [-0.15, -0.1) is 11.3 Å². The Balaban J connectivity index is 1.72.